The third-order valence-electron chi connectivity index (χ3n) is 22.9. The number of carbonyl (C=O) groups excluding carboxylic acids is 16. The Morgan fingerprint density at radius 3 is 1.04 bits per heavy atom. The lowest BCUT2D eigenvalue weighted by molar-refractivity contribution is -0.143. The number of aromatic nitrogens is 2. The number of carboxylic acids is 1. The third-order valence-corrected chi connectivity index (χ3v) is 22.9. The minimum atomic E-state index is -1.54. The number of benzene rings is 4. The van der Waals surface area contributed by atoms with E-state index in [9.17, 15) is 96.8 Å². The lowest BCUT2D eigenvalue weighted by Gasteiger charge is -2.27. The maximum absolute atomic E-state index is 14.9. The quantitative estimate of drug-likeness (QED) is 0.00973. The number of guanidine groups is 2. The summed E-state index contributed by atoms with van der Waals surface area (Å²) in [6.07, 6.45) is 4.42. The number of carboxylic acid groups (broad SMARTS) is 1. The number of unbranched alkanes of at least 4 members (excludes halogenated alkanes) is 2. The lowest BCUT2D eigenvalue weighted by Crippen LogP contribution is -2.60. The molecular weight excluding hydrogens is 1800 g/mol. The van der Waals surface area contributed by atoms with Crippen LogP contribution in [0.5, 0.6) is 11.5 Å². The van der Waals surface area contributed by atoms with Gasteiger partial charge in [0.05, 0.1) is 38.8 Å². The van der Waals surface area contributed by atoms with Crippen LogP contribution in [0.4, 0.5) is 0 Å². The summed E-state index contributed by atoms with van der Waals surface area (Å²) in [5.74, 6) is -17.1. The summed E-state index contributed by atoms with van der Waals surface area (Å²) in [7, 11) is 0. The molecule has 0 saturated carbocycles. The Bertz CT molecular complexity index is 5190. The van der Waals surface area contributed by atoms with Gasteiger partial charge < -0.3 is 150 Å². The first-order valence-corrected chi connectivity index (χ1v) is 46.1. The molecule has 47 nitrogen and oxygen atoms in total. The molecule has 0 radical (unpaired) electrons. The number of phenolic OH excluding ortho intramolecular Hbond substituents is 2. The molecule has 6 rings (SSSR count). The number of phenols is 2. The van der Waals surface area contributed by atoms with Gasteiger partial charge in [0.1, 0.15) is 78.0 Å². The summed E-state index contributed by atoms with van der Waals surface area (Å²) in [5, 5.41) is 92.7. The number of H-pyrrole nitrogens is 2. The Balaban J connectivity index is 1.06. The maximum Gasteiger partial charge on any atom is 0.326 e. The number of hydrogen-bond donors (Lipinski definition) is 30. The number of aromatic hydroxyl groups is 2. The average Bonchev–Trinajstić information content (AvgIpc) is 1.69. The molecule has 0 unspecified atom stereocenters. The van der Waals surface area contributed by atoms with Gasteiger partial charge in [-0.2, -0.15) is 0 Å². The predicted octanol–water partition coefficient (Wildman–Crippen LogP) is -4.43. The highest BCUT2D eigenvalue weighted by atomic mass is 16.4. The van der Waals surface area contributed by atoms with Gasteiger partial charge in [0.25, 0.3) is 0 Å². The highest BCUT2D eigenvalue weighted by Gasteiger charge is 2.38. The van der Waals surface area contributed by atoms with Gasteiger partial charge in [-0.25, -0.2) is 4.79 Å². The zero-order valence-electron chi connectivity index (χ0n) is 78.8. The van der Waals surface area contributed by atoms with Crippen molar-refractivity contribution in [1.82, 2.24) is 106 Å². The standard InChI is InChI=1S/C92H135N27O20/c1-7-50(3)77(95)89(137)110-52(5)79(127)115-71(42-57-44-103-63-22-12-10-20-61(57)63)88(136)117-68(39-54-27-31-58(120)32-28-54)86(134)114-66(23-13-15-35-93)83(131)112-64(25-17-37-100-91(96)97)81(129)108-48-75(125)106-46-73(123)104-45-72(122)105-47-74(124)107-49-76(126)111-65(26-18-38-101-92(98)99)82(130)113-67(24-14-16-36-94)84(132)116-69(40-55-29-33-59(121)34-30-55)87(135)118-70(41-56-43-102-62-21-11-9-19-60(56)62)85(133)109-53(6)80(128)119-78(90(138)139)51(4)8-2/h9-12,19-22,27-34,43-44,50-53,64-71,77-78,102-103,120-121H,7-8,13-18,23-26,35-42,45-49,93-95H2,1-6H3,(H,104,123)(H,105,122)(H,106,125)(H,107,124)(H,108,129)(H,109,133)(H,110,137)(H,111,126)(H,112,131)(H,113,130)(H,114,134)(H,115,127)(H,116,132)(H,117,136)(H,118,135)(H,119,128)(H,138,139)(H4,96,97,100)(H4,98,99,101)/t50-,51-,52-,53-,64-,65-,66-,67-,68-,69-,70-,71-,77-,78-/m0/s1. The van der Waals surface area contributed by atoms with Crippen molar-refractivity contribution in [3.8, 4) is 11.5 Å². The molecule has 0 aliphatic carbocycles. The van der Waals surface area contributed by atoms with Gasteiger partial charge in [0.2, 0.25) is 94.5 Å². The fraction of sp³-hybridized carbons (Fsp3) is 0.489. The van der Waals surface area contributed by atoms with Crippen LogP contribution in [0.25, 0.3) is 21.8 Å². The smallest absolute Gasteiger partial charge is 0.326 e. The molecule has 4 aromatic carbocycles. The first-order valence-electron chi connectivity index (χ1n) is 46.1. The highest BCUT2D eigenvalue weighted by molar-refractivity contribution is 6.01. The number of nitrogens with two attached hydrogens (primary N) is 5. The maximum atomic E-state index is 14.9. The average molecular weight is 1940 g/mol. The van der Waals surface area contributed by atoms with E-state index in [1.807, 2.05) is 19.1 Å². The normalized spacial score (nSPS) is 14.1. The van der Waals surface area contributed by atoms with E-state index in [0.717, 1.165) is 10.9 Å². The number of hydrogen-bond acceptors (Lipinski definition) is 24. The Morgan fingerprint density at radius 2 is 0.662 bits per heavy atom. The van der Waals surface area contributed by atoms with E-state index < -0.39 is 224 Å². The van der Waals surface area contributed by atoms with Crippen molar-refractivity contribution in [2.75, 3.05) is 58.9 Å². The van der Waals surface area contributed by atoms with Gasteiger partial charge >= 0.3 is 5.97 Å². The number of para-hydroxylation sites is 2. The summed E-state index contributed by atoms with van der Waals surface area (Å²) in [5.41, 5.74) is 32.3. The first kappa shape index (κ1) is 113. The van der Waals surface area contributed by atoms with Crippen LogP contribution in [0.3, 0.4) is 0 Å². The molecule has 0 spiro atoms. The van der Waals surface area contributed by atoms with Crippen molar-refractivity contribution in [2.24, 2.45) is 40.5 Å². The van der Waals surface area contributed by atoms with Crippen molar-refractivity contribution in [3.63, 3.8) is 0 Å². The predicted molar refractivity (Wildman–Crippen MR) is 514 cm³/mol. The minimum absolute atomic E-state index is 0.0261. The van der Waals surface area contributed by atoms with E-state index in [1.165, 1.54) is 62.4 Å². The van der Waals surface area contributed by atoms with Crippen LogP contribution in [0.2, 0.25) is 0 Å². The van der Waals surface area contributed by atoms with Crippen molar-refractivity contribution in [2.45, 2.75) is 217 Å². The molecule has 758 valence electrons. The molecule has 35 N–H and O–H groups in total. The molecule has 16 amide bonds. The molecule has 0 aliphatic heterocycles. The highest BCUT2D eigenvalue weighted by Crippen LogP contribution is 2.24. The molecule has 2 aromatic heterocycles. The summed E-state index contributed by atoms with van der Waals surface area (Å²) in [6.45, 7) is 6.37. The van der Waals surface area contributed by atoms with E-state index >= 15 is 0 Å². The number of aliphatic carboxylic acids is 1. The monoisotopic (exact) mass is 1940 g/mol. The summed E-state index contributed by atoms with van der Waals surface area (Å²) >= 11 is 0. The van der Waals surface area contributed by atoms with Crippen molar-refractivity contribution < 1.29 is 96.8 Å². The van der Waals surface area contributed by atoms with Crippen LogP contribution < -0.4 is 124 Å². The largest absolute Gasteiger partial charge is 0.508 e. The summed E-state index contributed by atoms with van der Waals surface area (Å²) in [6, 6.07) is 9.27. The first-order chi connectivity index (χ1) is 66.2. The summed E-state index contributed by atoms with van der Waals surface area (Å²) in [4.78, 5) is 242. The molecule has 0 fully saturated rings. The van der Waals surface area contributed by atoms with Crippen molar-refractivity contribution >= 4 is 134 Å². The van der Waals surface area contributed by atoms with Crippen LogP contribution in [0.15, 0.2) is 109 Å². The van der Waals surface area contributed by atoms with Crippen LogP contribution in [-0.4, -0.2) is 269 Å². The number of aromatic amines is 2. The van der Waals surface area contributed by atoms with Crippen molar-refractivity contribution in [3.05, 3.63) is 132 Å². The van der Waals surface area contributed by atoms with Crippen molar-refractivity contribution in [1.29, 1.82) is 10.8 Å². The zero-order chi connectivity index (χ0) is 102. The van der Waals surface area contributed by atoms with Gasteiger partial charge in [-0.05, 0) is 162 Å². The minimum Gasteiger partial charge on any atom is -0.508 e. The van der Waals surface area contributed by atoms with Gasteiger partial charge in [0, 0.05) is 73.0 Å². The van der Waals surface area contributed by atoms with Gasteiger partial charge in [0.15, 0.2) is 11.9 Å². The molecule has 139 heavy (non-hydrogen) atoms. The molecule has 47 heteroatoms. The number of amides is 16. The lowest BCUT2D eigenvalue weighted by atomic mass is 9.99. The van der Waals surface area contributed by atoms with Gasteiger partial charge in [-0.3, -0.25) is 87.5 Å². The van der Waals surface area contributed by atoms with Gasteiger partial charge in [-0.1, -0.05) is 101 Å². The Morgan fingerprint density at radius 1 is 0.345 bits per heavy atom. The molecule has 0 saturated heterocycles. The van der Waals surface area contributed by atoms with E-state index in [0.29, 0.717) is 58.8 Å². The number of nitrogens with one attached hydrogen (secondary N) is 22. The molecule has 0 aliphatic rings. The number of fused-ring (bicyclic) bond motifs is 2. The van der Waals surface area contributed by atoms with Crippen LogP contribution in [0, 0.1) is 22.7 Å². The second-order valence-electron chi connectivity index (χ2n) is 33.9. The third kappa shape index (κ3) is 39.3. The van der Waals surface area contributed by atoms with Crippen LogP contribution in [0.1, 0.15) is 141 Å². The van der Waals surface area contributed by atoms with E-state index in [4.69, 9.17) is 39.5 Å². The molecule has 14 atom stereocenters. The molecule has 2 heterocycles. The Labute approximate surface area is 803 Å². The van der Waals surface area contributed by atoms with E-state index in [1.54, 1.807) is 69.6 Å². The van der Waals surface area contributed by atoms with Crippen LogP contribution >= 0.6 is 0 Å². The van der Waals surface area contributed by atoms with Crippen LogP contribution in [-0.2, 0) is 107 Å². The van der Waals surface area contributed by atoms with E-state index in [-0.39, 0.29) is 121 Å². The molecule has 0 bridgehead atoms. The number of rotatable bonds is 61. The fourth-order valence-electron chi connectivity index (χ4n) is 14.4. The summed E-state index contributed by atoms with van der Waals surface area (Å²) < 4.78 is 0. The van der Waals surface area contributed by atoms with E-state index in [2.05, 4.69) is 106 Å². The second kappa shape index (κ2) is 58.4. The topological polar surface area (TPSA) is 777 Å². The molecule has 6 aromatic rings. The Hall–Kier alpha value is -15.0. The SMILES string of the molecule is CC[C@H](C)[C@H](N)C(=O)N[C@@H](C)C(=O)N[C@@H](Cc1c[nH]c2ccccc12)C(=O)N[C@@H](Cc1ccc(O)cc1)C(=O)N[C@@H](CCCCN)C(=O)N[C@@H](CCCNC(=N)N)C(=O)NCC(=O)NCC(=O)NCC(=O)NCC(=O)NCC(=O)N[C@@H](CCCNC(=N)N)C(=O)N[C@@H](CCCCN)C(=O)N[C@@H](Cc1ccc(O)cc1)C(=O)N[C@@H](Cc1c[nH]c2ccccc12)C(=O)N[C@@H](C)C(=O)N[C@H](C(=O)O)[C@@H](C)CC. The zero-order valence-corrected chi connectivity index (χ0v) is 78.8. The second-order valence-corrected chi connectivity index (χ2v) is 33.9. The van der Waals surface area contributed by atoms with Gasteiger partial charge in [-0.15, -0.1) is 0 Å². The Kier molecular flexibility index (Phi) is 47.4. The fourth-order valence-corrected chi connectivity index (χ4v) is 14.4. The number of carbonyl (C=O) groups is 17. The molecular formula is C92H135N27O20.